The van der Waals surface area contributed by atoms with Crippen LogP contribution in [-0.4, -0.2) is 64.8 Å². The van der Waals surface area contributed by atoms with E-state index in [1.54, 1.807) is 0 Å². The van der Waals surface area contributed by atoms with Crippen molar-refractivity contribution in [1.29, 1.82) is 0 Å². The highest BCUT2D eigenvalue weighted by Gasteiger charge is 2.44. The van der Waals surface area contributed by atoms with Crippen molar-refractivity contribution >= 4 is 0 Å². The van der Waals surface area contributed by atoms with Crippen LogP contribution in [-0.2, 0) is 16.1 Å². The fourth-order valence-corrected chi connectivity index (χ4v) is 2.06. The van der Waals surface area contributed by atoms with Gasteiger partial charge in [-0.2, -0.15) is 0 Å². The Hall–Kier alpha value is -1.49. The van der Waals surface area contributed by atoms with Crippen LogP contribution in [0.3, 0.4) is 0 Å². The van der Waals surface area contributed by atoms with E-state index in [0.29, 0.717) is 0 Å². The lowest BCUT2D eigenvalue weighted by Crippen LogP contribution is -2.59. The van der Waals surface area contributed by atoms with E-state index in [2.05, 4.69) is 0 Å². The lowest BCUT2D eigenvalue weighted by atomic mass is 9.99. The first kappa shape index (κ1) is 16.9. The molecule has 2 rings (SSSR count). The quantitative estimate of drug-likeness (QED) is 0.483. The summed E-state index contributed by atoms with van der Waals surface area (Å²) in [6.45, 7) is -0.797. The lowest BCUT2D eigenvalue weighted by molar-refractivity contribution is -0.304. The van der Waals surface area contributed by atoms with Crippen molar-refractivity contribution in [2.45, 2.75) is 37.3 Å². The molecule has 1 saturated heterocycles. The van der Waals surface area contributed by atoms with E-state index < -0.39 is 42.9 Å². The molecule has 0 unspecified atom stereocenters. The predicted molar refractivity (Wildman–Crippen MR) is 70.1 cm³/mol. The molecule has 0 aromatic carbocycles. The number of aliphatic hydroxyl groups excluding tert-OH is 4. The summed E-state index contributed by atoms with van der Waals surface area (Å²) in [5, 5.41) is 38.1. The lowest BCUT2D eigenvalue weighted by Gasteiger charge is -2.39. The van der Waals surface area contributed by atoms with Gasteiger partial charge in [-0.25, -0.2) is 4.79 Å². The molecule has 0 spiro atoms. The average molecular weight is 318 g/mol. The van der Waals surface area contributed by atoms with Crippen molar-refractivity contribution in [2.24, 2.45) is 0 Å². The van der Waals surface area contributed by atoms with Crippen molar-refractivity contribution in [2.75, 3.05) is 13.7 Å². The minimum atomic E-state index is -1.53. The maximum Gasteiger partial charge on any atom is 0.339 e. The van der Waals surface area contributed by atoms with E-state index in [-0.39, 0.29) is 18.1 Å². The van der Waals surface area contributed by atoms with Crippen LogP contribution in [0.4, 0.5) is 0 Å². The van der Waals surface area contributed by atoms with Crippen LogP contribution < -0.4 is 10.4 Å². The molecule has 1 aliphatic heterocycles. The van der Waals surface area contributed by atoms with Gasteiger partial charge in [0.15, 0.2) is 6.29 Å². The van der Waals surface area contributed by atoms with Crippen LogP contribution in [0.15, 0.2) is 21.3 Å². The van der Waals surface area contributed by atoms with E-state index >= 15 is 0 Å². The number of hydrogen-bond donors (Lipinski definition) is 4. The van der Waals surface area contributed by atoms with Crippen molar-refractivity contribution in [3.05, 3.63) is 28.3 Å². The van der Waals surface area contributed by atoms with Gasteiger partial charge in [-0.3, -0.25) is 0 Å². The van der Waals surface area contributed by atoms with Gasteiger partial charge in [0, 0.05) is 6.07 Å². The second-order valence-electron chi connectivity index (χ2n) is 4.79. The van der Waals surface area contributed by atoms with Crippen molar-refractivity contribution in [3.8, 4) is 5.75 Å². The Kier molecular flexibility index (Phi) is 5.51. The third-order valence-corrected chi connectivity index (χ3v) is 3.27. The summed E-state index contributed by atoms with van der Waals surface area (Å²) < 4.78 is 20.2. The first-order valence-corrected chi connectivity index (χ1v) is 6.56. The molecule has 5 atom stereocenters. The standard InChI is InChI=1S/C13H18O9/c1-19-6-2-7(21-9(15)3-6)5-20-13-12(18)11(17)10(16)8(4-14)22-13/h2-3,8,10-14,16-18H,4-5H2,1H3/t8-,10+,11+,12-,13-/m1/s1. The smallest absolute Gasteiger partial charge is 0.339 e. The second kappa shape index (κ2) is 7.18. The Labute approximate surface area is 125 Å². The van der Waals surface area contributed by atoms with E-state index in [1.807, 2.05) is 0 Å². The van der Waals surface area contributed by atoms with E-state index in [9.17, 15) is 20.1 Å². The van der Waals surface area contributed by atoms with Gasteiger partial charge in [-0.05, 0) is 0 Å². The fourth-order valence-electron chi connectivity index (χ4n) is 2.06. The van der Waals surface area contributed by atoms with Gasteiger partial charge in [0.1, 0.15) is 42.5 Å². The molecule has 124 valence electrons. The minimum Gasteiger partial charge on any atom is -0.496 e. The van der Waals surface area contributed by atoms with Gasteiger partial charge in [0.25, 0.3) is 0 Å². The van der Waals surface area contributed by atoms with Gasteiger partial charge in [-0.1, -0.05) is 0 Å². The van der Waals surface area contributed by atoms with Crippen LogP contribution in [0, 0.1) is 0 Å². The third kappa shape index (κ3) is 3.64. The maximum atomic E-state index is 11.3. The van der Waals surface area contributed by atoms with E-state index in [1.165, 1.54) is 13.2 Å². The first-order valence-electron chi connectivity index (χ1n) is 6.56. The van der Waals surface area contributed by atoms with Crippen LogP contribution in [0.25, 0.3) is 0 Å². The molecule has 0 amide bonds. The Morgan fingerprint density at radius 1 is 1.18 bits per heavy atom. The largest absolute Gasteiger partial charge is 0.496 e. The summed E-state index contributed by atoms with van der Waals surface area (Å²) in [6.07, 6.45) is -6.88. The Morgan fingerprint density at radius 3 is 2.55 bits per heavy atom. The molecular weight excluding hydrogens is 300 g/mol. The molecule has 9 nitrogen and oxygen atoms in total. The summed E-state index contributed by atoms with van der Waals surface area (Å²) in [7, 11) is 1.39. The third-order valence-electron chi connectivity index (χ3n) is 3.27. The van der Waals surface area contributed by atoms with Crippen molar-refractivity contribution in [1.82, 2.24) is 0 Å². The summed E-state index contributed by atoms with van der Waals surface area (Å²) >= 11 is 0. The van der Waals surface area contributed by atoms with E-state index in [0.717, 1.165) is 6.07 Å². The van der Waals surface area contributed by atoms with Crippen LogP contribution >= 0.6 is 0 Å². The number of aliphatic hydroxyl groups is 4. The molecule has 9 heteroatoms. The van der Waals surface area contributed by atoms with Gasteiger partial charge in [-0.15, -0.1) is 0 Å². The molecule has 0 radical (unpaired) electrons. The molecule has 2 heterocycles. The number of ether oxygens (including phenoxy) is 3. The molecule has 0 saturated carbocycles. The summed E-state index contributed by atoms with van der Waals surface area (Å²) in [5.74, 6) is 0.407. The number of hydrogen-bond acceptors (Lipinski definition) is 9. The molecular formula is C13H18O9. The normalized spacial score (nSPS) is 32.0. The first-order chi connectivity index (χ1) is 10.5. The molecule has 4 N–H and O–H groups in total. The van der Waals surface area contributed by atoms with Gasteiger partial charge in [0.2, 0.25) is 0 Å². The highest BCUT2D eigenvalue weighted by Crippen LogP contribution is 2.23. The second-order valence-corrected chi connectivity index (χ2v) is 4.79. The minimum absolute atomic E-state index is 0.126. The topological polar surface area (TPSA) is 139 Å². The van der Waals surface area contributed by atoms with Gasteiger partial charge in [0.05, 0.1) is 19.8 Å². The Morgan fingerprint density at radius 2 is 1.91 bits per heavy atom. The average Bonchev–Trinajstić information content (AvgIpc) is 2.51. The Bertz CT molecular complexity index is 541. The fraction of sp³-hybridized carbons (Fsp3) is 0.615. The van der Waals surface area contributed by atoms with Crippen LogP contribution in [0.2, 0.25) is 0 Å². The zero-order valence-electron chi connectivity index (χ0n) is 11.8. The van der Waals surface area contributed by atoms with Crippen LogP contribution in [0.5, 0.6) is 5.75 Å². The van der Waals surface area contributed by atoms with Gasteiger partial charge < -0.3 is 39.1 Å². The summed E-state index contributed by atoms with van der Waals surface area (Å²) in [6, 6.07) is 2.57. The van der Waals surface area contributed by atoms with E-state index in [4.69, 9.17) is 23.7 Å². The van der Waals surface area contributed by atoms with Crippen LogP contribution in [0.1, 0.15) is 5.76 Å². The summed E-state index contributed by atoms with van der Waals surface area (Å²) in [4.78, 5) is 11.3. The zero-order chi connectivity index (χ0) is 16.3. The molecule has 1 aromatic rings. The molecule has 1 aliphatic rings. The predicted octanol–water partition coefficient (Wildman–Crippen LogP) is -2.04. The van der Waals surface area contributed by atoms with Crippen molar-refractivity contribution < 1.29 is 39.1 Å². The molecule has 1 fully saturated rings. The highest BCUT2D eigenvalue weighted by molar-refractivity contribution is 5.19. The zero-order valence-corrected chi connectivity index (χ0v) is 11.8. The molecule has 0 bridgehead atoms. The maximum absolute atomic E-state index is 11.3. The molecule has 0 aliphatic carbocycles. The monoisotopic (exact) mass is 318 g/mol. The number of rotatable bonds is 5. The van der Waals surface area contributed by atoms with Crippen molar-refractivity contribution in [3.63, 3.8) is 0 Å². The number of methoxy groups -OCH3 is 1. The Balaban J connectivity index is 2.04. The summed E-state index contributed by atoms with van der Waals surface area (Å²) in [5.41, 5.74) is -0.633. The molecule has 1 aromatic heterocycles. The molecule has 22 heavy (non-hydrogen) atoms. The SMILES string of the molecule is COc1cc(CO[C@@H]2O[C@H](CO)[C@H](O)[C@H](O)[C@H]2O)oc(=O)c1. The highest BCUT2D eigenvalue weighted by atomic mass is 16.7. The van der Waals surface area contributed by atoms with Gasteiger partial charge >= 0.3 is 5.63 Å².